The summed E-state index contributed by atoms with van der Waals surface area (Å²) in [6.07, 6.45) is -4.23. The molecule has 0 saturated carbocycles. The summed E-state index contributed by atoms with van der Waals surface area (Å²) in [7, 11) is 0. The van der Waals surface area contributed by atoms with Crippen LogP contribution in [-0.4, -0.2) is 29.5 Å². The standard InChI is InChI=1S/C18H18F3N3O3S/c1-10-22-12(9-28-10)8-16(25)24-14-5-4-11(7-13(14)18(19,20)21)23-17(26)15-3-2-6-27-15/h4-5,7,9,15H,2-3,6,8H2,1H3,(H,23,26)(H,24,25). The number of hydrogen-bond acceptors (Lipinski definition) is 5. The average Bonchev–Trinajstić information content (AvgIpc) is 3.27. The summed E-state index contributed by atoms with van der Waals surface area (Å²) >= 11 is 1.36. The van der Waals surface area contributed by atoms with Gasteiger partial charge in [-0.3, -0.25) is 9.59 Å². The van der Waals surface area contributed by atoms with Crippen molar-refractivity contribution in [2.24, 2.45) is 0 Å². The van der Waals surface area contributed by atoms with Crippen molar-refractivity contribution in [3.63, 3.8) is 0 Å². The summed E-state index contributed by atoms with van der Waals surface area (Å²) in [5.41, 5.74) is -0.935. The maximum Gasteiger partial charge on any atom is 0.418 e. The van der Waals surface area contributed by atoms with Crippen molar-refractivity contribution in [2.45, 2.75) is 38.5 Å². The molecule has 6 nitrogen and oxygen atoms in total. The molecule has 2 amide bonds. The number of thiazole rings is 1. The van der Waals surface area contributed by atoms with Crippen LogP contribution in [0.2, 0.25) is 0 Å². The van der Waals surface area contributed by atoms with E-state index in [1.165, 1.54) is 17.4 Å². The molecular weight excluding hydrogens is 395 g/mol. The predicted octanol–water partition coefficient (Wildman–Crippen LogP) is 3.77. The van der Waals surface area contributed by atoms with E-state index in [9.17, 15) is 22.8 Å². The van der Waals surface area contributed by atoms with Gasteiger partial charge in [-0.2, -0.15) is 13.2 Å². The van der Waals surface area contributed by atoms with Crippen molar-refractivity contribution in [1.29, 1.82) is 0 Å². The number of nitrogens with one attached hydrogen (secondary N) is 2. The molecule has 150 valence electrons. The smallest absolute Gasteiger partial charge is 0.368 e. The largest absolute Gasteiger partial charge is 0.418 e. The fourth-order valence-electron chi connectivity index (χ4n) is 2.82. The van der Waals surface area contributed by atoms with E-state index in [4.69, 9.17) is 4.74 Å². The molecule has 1 aromatic carbocycles. The second kappa shape index (κ2) is 8.27. The molecular formula is C18H18F3N3O3S. The molecule has 2 aromatic rings. The van der Waals surface area contributed by atoms with Crippen LogP contribution in [0, 0.1) is 6.92 Å². The Morgan fingerprint density at radius 3 is 2.71 bits per heavy atom. The third-order valence-corrected chi connectivity index (χ3v) is 4.92. The molecule has 1 fully saturated rings. The third-order valence-electron chi connectivity index (χ3n) is 4.10. The first-order valence-electron chi connectivity index (χ1n) is 8.57. The summed E-state index contributed by atoms with van der Waals surface area (Å²) < 4.78 is 45.6. The molecule has 1 aliphatic heterocycles. The van der Waals surface area contributed by atoms with Crippen LogP contribution in [0.1, 0.15) is 29.1 Å². The maximum absolute atomic E-state index is 13.4. The highest BCUT2D eigenvalue weighted by molar-refractivity contribution is 7.09. The minimum absolute atomic E-state index is 0.0130. The quantitative estimate of drug-likeness (QED) is 0.782. The Hall–Kier alpha value is -2.46. The van der Waals surface area contributed by atoms with Gasteiger partial charge in [0, 0.05) is 17.7 Å². The van der Waals surface area contributed by atoms with Gasteiger partial charge in [-0.05, 0) is 38.0 Å². The van der Waals surface area contributed by atoms with Crippen LogP contribution < -0.4 is 10.6 Å². The third kappa shape index (κ3) is 5.08. The Morgan fingerprint density at radius 1 is 1.32 bits per heavy atom. The molecule has 0 bridgehead atoms. The zero-order chi connectivity index (χ0) is 20.3. The van der Waals surface area contributed by atoms with Crippen LogP contribution in [0.3, 0.4) is 0 Å². The molecule has 0 spiro atoms. The van der Waals surface area contributed by atoms with Crippen molar-refractivity contribution in [1.82, 2.24) is 4.98 Å². The van der Waals surface area contributed by atoms with Crippen LogP contribution in [-0.2, 0) is 26.9 Å². The monoisotopic (exact) mass is 413 g/mol. The number of carbonyl (C=O) groups excluding carboxylic acids is 2. The van der Waals surface area contributed by atoms with E-state index < -0.39 is 29.7 Å². The molecule has 1 saturated heterocycles. The number of rotatable bonds is 5. The first-order chi connectivity index (χ1) is 13.2. The van der Waals surface area contributed by atoms with Crippen molar-refractivity contribution < 1.29 is 27.5 Å². The lowest BCUT2D eigenvalue weighted by atomic mass is 10.1. The fraction of sp³-hybridized carbons (Fsp3) is 0.389. The van der Waals surface area contributed by atoms with Crippen molar-refractivity contribution in [3.05, 3.63) is 39.8 Å². The highest BCUT2D eigenvalue weighted by Crippen LogP contribution is 2.36. The van der Waals surface area contributed by atoms with Crippen molar-refractivity contribution in [3.8, 4) is 0 Å². The average molecular weight is 413 g/mol. The van der Waals surface area contributed by atoms with Gasteiger partial charge in [0.1, 0.15) is 6.10 Å². The normalized spacial score (nSPS) is 16.8. The van der Waals surface area contributed by atoms with Gasteiger partial charge < -0.3 is 15.4 Å². The van der Waals surface area contributed by atoms with Crippen LogP contribution in [0.4, 0.5) is 24.5 Å². The summed E-state index contributed by atoms with van der Waals surface area (Å²) in [5.74, 6) is -1.09. The SMILES string of the molecule is Cc1nc(CC(=O)Nc2ccc(NC(=O)C3CCCO3)cc2C(F)(F)F)cs1. The van der Waals surface area contributed by atoms with Gasteiger partial charge in [-0.1, -0.05) is 0 Å². The molecule has 0 aliphatic carbocycles. The van der Waals surface area contributed by atoms with Gasteiger partial charge in [0.15, 0.2) is 0 Å². The Labute approximate surface area is 163 Å². The molecule has 1 aliphatic rings. The van der Waals surface area contributed by atoms with Crippen LogP contribution >= 0.6 is 11.3 Å². The maximum atomic E-state index is 13.4. The molecule has 1 atom stereocenters. The number of halogens is 3. The topological polar surface area (TPSA) is 80.3 Å². The summed E-state index contributed by atoms with van der Waals surface area (Å²) in [6.45, 7) is 2.23. The van der Waals surface area contributed by atoms with Gasteiger partial charge in [-0.15, -0.1) is 11.3 Å². The first-order valence-corrected chi connectivity index (χ1v) is 9.45. The van der Waals surface area contributed by atoms with E-state index in [0.717, 1.165) is 23.6 Å². The minimum atomic E-state index is -4.70. The number of anilines is 2. The molecule has 1 aromatic heterocycles. The van der Waals surface area contributed by atoms with Crippen LogP contribution in [0.5, 0.6) is 0 Å². The predicted molar refractivity (Wildman–Crippen MR) is 98.2 cm³/mol. The van der Waals surface area contributed by atoms with Crippen molar-refractivity contribution in [2.75, 3.05) is 17.2 Å². The lowest BCUT2D eigenvalue weighted by Crippen LogP contribution is -2.27. The molecule has 28 heavy (non-hydrogen) atoms. The second-order valence-corrected chi connectivity index (χ2v) is 7.39. The van der Waals surface area contributed by atoms with Crippen LogP contribution in [0.25, 0.3) is 0 Å². The number of nitrogens with zero attached hydrogens (tertiary/aromatic N) is 1. The lowest BCUT2D eigenvalue weighted by molar-refractivity contribution is -0.137. The van der Waals surface area contributed by atoms with E-state index in [-0.39, 0.29) is 17.8 Å². The molecule has 0 radical (unpaired) electrons. The number of amides is 2. The second-order valence-electron chi connectivity index (χ2n) is 6.33. The Morgan fingerprint density at radius 2 is 2.11 bits per heavy atom. The van der Waals surface area contributed by atoms with E-state index >= 15 is 0 Å². The number of ether oxygens (including phenoxy) is 1. The highest BCUT2D eigenvalue weighted by atomic mass is 32.1. The Balaban J connectivity index is 1.74. The fourth-order valence-corrected chi connectivity index (χ4v) is 3.43. The Kier molecular flexibility index (Phi) is 5.99. The van der Waals surface area contributed by atoms with Gasteiger partial charge in [-0.25, -0.2) is 4.98 Å². The number of alkyl halides is 3. The Bertz CT molecular complexity index is 876. The number of aryl methyl sites for hydroxylation is 1. The van der Waals surface area contributed by atoms with E-state index in [1.54, 1.807) is 12.3 Å². The van der Waals surface area contributed by atoms with E-state index in [1.807, 2.05) is 0 Å². The van der Waals surface area contributed by atoms with E-state index in [2.05, 4.69) is 15.6 Å². The van der Waals surface area contributed by atoms with Crippen LogP contribution in [0.15, 0.2) is 23.6 Å². The number of hydrogen-bond donors (Lipinski definition) is 2. The zero-order valence-corrected chi connectivity index (χ0v) is 15.7. The van der Waals surface area contributed by atoms with Gasteiger partial charge in [0.2, 0.25) is 5.91 Å². The van der Waals surface area contributed by atoms with Crippen molar-refractivity contribution >= 4 is 34.5 Å². The summed E-state index contributed by atoms with van der Waals surface area (Å²) in [5, 5.41) is 7.17. The lowest BCUT2D eigenvalue weighted by Gasteiger charge is -2.16. The molecule has 3 rings (SSSR count). The number of benzene rings is 1. The zero-order valence-electron chi connectivity index (χ0n) is 14.9. The molecule has 10 heteroatoms. The summed E-state index contributed by atoms with van der Waals surface area (Å²) in [6, 6.07) is 3.23. The van der Waals surface area contributed by atoms with Gasteiger partial charge >= 0.3 is 6.18 Å². The molecule has 2 N–H and O–H groups in total. The first kappa shape index (κ1) is 20.3. The summed E-state index contributed by atoms with van der Waals surface area (Å²) in [4.78, 5) is 28.3. The molecule has 2 heterocycles. The number of carbonyl (C=O) groups is 2. The van der Waals surface area contributed by atoms with E-state index in [0.29, 0.717) is 18.7 Å². The number of aromatic nitrogens is 1. The highest BCUT2D eigenvalue weighted by Gasteiger charge is 2.35. The molecule has 1 unspecified atom stereocenters. The van der Waals surface area contributed by atoms with Gasteiger partial charge in [0.25, 0.3) is 5.91 Å². The van der Waals surface area contributed by atoms with Gasteiger partial charge in [0.05, 0.1) is 28.4 Å². The minimum Gasteiger partial charge on any atom is -0.368 e.